The van der Waals surface area contributed by atoms with E-state index in [4.69, 9.17) is 0 Å². The molecule has 9 heteroatoms. The van der Waals surface area contributed by atoms with Gasteiger partial charge < -0.3 is 0 Å². The van der Waals surface area contributed by atoms with Crippen LogP contribution < -0.4 is 5.32 Å². The van der Waals surface area contributed by atoms with Crippen molar-refractivity contribution in [1.29, 1.82) is 0 Å². The van der Waals surface area contributed by atoms with Crippen LogP contribution in [-0.2, 0) is 16.1 Å². The fourth-order valence-electron chi connectivity index (χ4n) is 2.99. The summed E-state index contributed by atoms with van der Waals surface area (Å²) >= 11 is 0. The quantitative estimate of drug-likeness (QED) is 0.473. The van der Waals surface area contributed by atoms with Crippen molar-refractivity contribution in [2.24, 2.45) is 0 Å². The van der Waals surface area contributed by atoms with Crippen LogP contribution in [0.1, 0.15) is 28.8 Å². The molecule has 2 aliphatic rings. The van der Waals surface area contributed by atoms with Gasteiger partial charge in [-0.1, -0.05) is 6.07 Å². The number of rotatable bonds is 2. The van der Waals surface area contributed by atoms with Crippen molar-refractivity contribution < 1.29 is 19.3 Å². The SMILES string of the molecule is CN1Cc2c(cccc2[N+](=O)[O-])C(=O)N1C1CCC(=O)NC1=O. The first-order valence-corrected chi connectivity index (χ1v) is 7.04. The van der Waals surface area contributed by atoms with Crippen LogP contribution >= 0.6 is 0 Å². The van der Waals surface area contributed by atoms with E-state index in [2.05, 4.69) is 5.32 Å². The second kappa shape index (κ2) is 5.43. The highest BCUT2D eigenvalue weighted by atomic mass is 16.6. The Hall–Kier alpha value is -2.81. The zero-order chi connectivity index (χ0) is 16.7. The molecule has 2 heterocycles. The van der Waals surface area contributed by atoms with E-state index in [0.29, 0.717) is 5.56 Å². The first-order valence-electron chi connectivity index (χ1n) is 7.04. The van der Waals surface area contributed by atoms with Crippen LogP contribution in [0.4, 0.5) is 5.69 Å². The second-order valence-electron chi connectivity index (χ2n) is 5.49. The Bertz CT molecular complexity index is 732. The topological polar surface area (TPSA) is 113 Å². The van der Waals surface area contributed by atoms with E-state index in [9.17, 15) is 24.5 Å². The molecule has 1 saturated heterocycles. The zero-order valence-electron chi connectivity index (χ0n) is 12.3. The largest absolute Gasteiger partial charge is 0.295 e. The maximum Gasteiger partial charge on any atom is 0.274 e. The molecule has 1 atom stereocenters. The number of nitrogens with zero attached hydrogens (tertiary/aromatic N) is 3. The normalized spacial score (nSPS) is 21.9. The predicted octanol–water partition coefficient (Wildman–Crippen LogP) is 0.203. The van der Waals surface area contributed by atoms with E-state index in [1.807, 2.05) is 0 Å². The van der Waals surface area contributed by atoms with Gasteiger partial charge in [0.2, 0.25) is 5.91 Å². The van der Waals surface area contributed by atoms with Gasteiger partial charge in [-0.05, 0) is 12.5 Å². The fraction of sp³-hybridized carbons (Fsp3) is 0.357. The van der Waals surface area contributed by atoms with Crippen LogP contribution in [0.25, 0.3) is 0 Å². The van der Waals surface area contributed by atoms with Crippen LogP contribution in [0.5, 0.6) is 0 Å². The highest BCUT2D eigenvalue weighted by Crippen LogP contribution is 2.31. The molecule has 120 valence electrons. The van der Waals surface area contributed by atoms with Gasteiger partial charge in [0.1, 0.15) is 6.04 Å². The number of hydrogen-bond acceptors (Lipinski definition) is 6. The Morgan fingerprint density at radius 3 is 2.70 bits per heavy atom. The molecule has 3 amide bonds. The van der Waals surface area contributed by atoms with Crippen LogP contribution in [0.3, 0.4) is 0 Å². The number of imide groups is 1. The Balaban J connectivity index is 1.99. The summed E-state index contributed by atoms with van der Waals surface area (Å²) in [5.41, 5.74) is 0.418. The molecule has 9 nitrogen and oxygen atoms in total. The summed E-state index contributed by atoms with van der Waals surface area (Å²) in [5.74, 6) is -1.38. The van der Waals surface area contributed by atoms with Gasteiger partial charge in [0, 0.05) is 19.5 Å². The first kappa shape index (κ1) is 15.1. The summed E-state index contributed by atoms with van der Waals surface area (Å²) in [4.78, 5) is 46.6. The Labute approximate surface area is 131 Å². The third-order valence-corrected chi connectivity index (χ3v) is 4.05. The summed E-state index contributed by atoms with van der Waals surface area (Å²) < 4.78 is 0. The van der Waals surface area contributed by atoms with Gasteiger partial charge in [0.05, 0.1) is 22.6 Å². The zero-order valence-corrected chi connectivity index (χ0v) is 12.3. The third kappa shape index (κ3) is 2.44. The van der Waals surface area contributed by atoms with Crippen molar-refractivity contribution in [2.45, 2.75) is 25.4 Å². The molecule has 1 unspecified atom stereocenters. The monoisotopic (exact) mass is 318 g/mol. The number of fused-ring (bicyclic) bond motifs is 1. The number of hydrazine groups is 1. The van der Waals surface area contributed by atoms with E-state index >= 15 is 0 Å². The van der Waals surface area contributed by atoms with E-state index in [0.717, 1.165) is 0 Å². The van der Waals surface area contributed by atoms with E-state index in [1.165, 1.54) is 28.2 Å². The van der Waals surface area contributed by atoms with Gasteiger partial charge in [-0.3, -0.25) is 34.8 Å². The molecular formula is C14H14N4O5. The maximum atomic E-state index is 12.7. The third-order valence-electron chi connectivity index (χ3n) is 4.05. The molecule has 0 aliphatic carbocycles. The van der Waals surface area contributed by atoms with Crippen molar-refractivity contribution in [3.05, 3.63) is 39.4 Å². The standard InChI is InChI=1S/C14H14N4O5/c1-16-7-9-8(3-2-4-10(9)18(22)23)14(21)17(16)11-5-6-12(19)15-13(11)20/h2-4,11H,5-7H2,1H3,(H,15,19,20). The molecule has 1 N–H and O–H groups in total. The Kier molecular flexibility index (Phi) is 3.57. The number of nitro benzene ring substituents is 1. The summed E-state index contributed by atoms with van der Waals surface area (Å²) in [6.45, 7) is 0.135. The lowest BCUT2D eigenvalue weighted by Crippen LogP contribution is -2.60. The number of hydrogen-bond donors (Lipinski definition) is 1. The first-order chi connectivity index (χ1) is 10.9. The van der Waals surface area contributed by atoms with Gasteiger partial charge in [0.15, 0.2) is 0 Å². The van der Waals surface area contributed by atoms with E-state index in [1.54, 1.807) is 7.05 Å². The van der Waals surface area contributed by atoms with Crippen LogP contribution in [0.15, 0.2) is 18.2 Å². The maximum absolute atomic E-state index is 12.7. The minimum Gasteiger partial charge on any atom is -0.295 e. The van der Waals surface area contributed by atoms with Crippen LogP contribution in [0.2, 0.25) is 0 Å². The average molecular weight is 318 g/mol. The molecule has 0 bridgehead atoms. The summed E-state index contributed by atoms with van der Waals surface area (Å²) in [7, 11) is 1.58. The predicted molar refractivity (Wildman–Crippen MR) is 76.9 cm³/mol. The molecule has 1 fully saturated rings. The van der Waals surface area contributed by atoms with Crippen molar-refractivity contribution in [3.8, 4) is 0 Å². The number of amides is 3. The summed E-state index contributed by atoms with van der Waals surface area (Å²) in [6, 6.07) is 3.51. The molecule has 1 aromatic carbocycles. The molecule has 0 spiro atoms. The number of carbonyl (C=O) groups excluding carboxylic acids is 3. The molecule has 0 aromatic heterocycles. The van der Waals surface area contributed by atoms with Crippen LogP contribution in [-0.4, -0.2) is 45.8 Å². The number of piperidine rings is 1. The molecule has 2 aliphatic heterocycles. The Morgan fingerprint density at radius 1 is 1.30 bits per heavy atom. The number of nitrogens with one attached hydrogen (secondary N) is 1. The van der Waals surface area contributed by atoms with Crippen molar-refractivity contribution in [2.75, 3.05) is 7.05 Å². The summed E-state index contributed by atoms with van der Waals surface area (Å²) in [6.07, 6.45) is 0.376. The molecule has 0 saturated carbocycles. The highest BCUT2D eigenvalue weighted by Gasteiger charge is 2.41. The van der Waals surface area contributed by atoms with Crippen molar-refractivity contribution in [1.82, 2.24) is 15.3 Å². The molecule has 23 heavy (non-hydrogen) atoms. The van der Waals surface area contributed by atoms with E-state index < -0.39 is 22.8 Å². The van der Waals surface area contributed by atoms with Gasteiger partial charge >= 0.3 is 0 Å². The smallest absolute Gasteiger partial charge is 0.274 e. The lowest BCUT2D eigenvalue weighted by molar-refractivity contribution is -0.386. The van der Waals surface area contributed by atoms with Gasteiger partial charge in [0.25, 0.3) is 17.5 Å². The average Bonchev–Trinajstić information content (AvgIpc) is 2.48. The molecule has 0 radical (unpaired) electrons. The number of nitro groups is 1. The fourth-order valence-corrected chi connectivity index (χ4v) is 2.99. The number of carbonyl (C=O) groups is 3. The van der Waals surface area contributed by atoms with Gasteiger partial charge in [-0.25, -0.2) is 5.01 Å². The van der Waals surface area contributed by atoms with Crippen molar-refractivity contribution >= 4 is 23.4 Å². The Morgan fingerprint density at radius 2 is 2.04 bits per heavy atom. The highest BCUT2D eigenvalue weighted by molar-refractivity contribution is 6.04. The molecular weight excluding hydrogens is 304 g/mol. The minimum atomic E-state index is -0.794. The van der Waals surface area contributed by atoms with Gasteiger partial charge in [-0.2, -0.15) is 0 Å². The van der Waals surface area contributed by atoms with E-state index in [-0.39, 0.29) is 36.5 Å². The van der Waals surface area contributed by atoms with Crippen LogP contribution in [0, 0.1) is 10.1 Å². The lowest BCUT2D eigenvalue weighted by Gasteiger charge is -2.41. The minimum absolute atomic E-state index is 0.120. The second-order valence-corrected chi connectivity index (χ2v) is 5.49. The molecule has 3 rings (SSSR count). The lowest BCUT2D eigenvalue weighted by atomic mass is 9.99. The van der Waals surface area contributed by atoms with Crippen molar-refractivity contribution in [3.63, 3.8) is 0 Å². The number of benzene rings is 1. The van der Waals surface area contributed by atoms with Gasteiger partial charge in [-0.15, -0.1) is 0 Å². The summed E-state index contributed by atoms with van der Waals surface area (Å²) in [5, 5.41) is 16.1. The molecule has 1 aromatic rings.